The minimum Gasteiger partial charge on any atom is -0.495 e. The number of anilines is 1. The lowest BCUT2D eigenvalue weighted by Crippen LogP contribution is -2.35. The van der Waals surface area contributed by atoms with Crippen LogP contribution in [0.1, 0.15) is 10.4 Å². The van der Waals surface area contributed by atoms with Crippen molar-refractivity contribution < 1.29 is 23.1 Å². The van der Waals surface area contributed by atoms with Gasteiger partial charge in [-0.05, 0) is 42.5 Å². The Kier molecular flexibility index (Phi) is 7.12. The zero-order valence-corrected chi connectivity index (χ0v) is 19.7. The van der Waals surface area contributed by atoms with Gasteiger partial charge in [-0.25, -0.2) is 9.37 Å². The normalized spacial score (nSPS) is 10.6. The number of nitrogens with zero attached hydrogens (tertiary/aromatic N) is 2. The van der Waals surface area contributed by atoms with E-state index in [0.717, 1.165) is 0 Å². The van der Waals surface area contributed by atoms with Crippen LogP contribution in [0.15, 0.2) is 77.3 Å². The van der Waals surface area contributed by atoms with E-state index in [1.165, 1.54) is 31.3 Å². The first-order valence-electron chi connectivity index (χ1n) is 10.6. The molecule has 0 aliphatic carbocycles. The molecule has 7 nitrogen and oxygen atoms in total. The van der Waals surface area contributed by atoms with E-state index >= 15 is 0 Å². The molecule has 9 heteroatoms. The van der Waals surface area contributed by atoms with E-state index in [1.807, 2.05) is 0 Å². The average Bonchev–Trinajstić information content (AvgIpc) is 3.34. The van der Waals surface area contributed by atoms with Crippen molar-refractivity contribution >= 4 is 29.1 Å². The maximum absolute atomic E-state index is 14.1. The van der Waals surface area contributed by atoms with Gasteiger partial charge in [0, 0.05) is 17.6 Å². The quantitative estimate of drug-likeness (QED) is 0.366. The van der Waals surface area contributed by atoms with E-state index in [-0.39, 0.29) is 29.3 Å². The maximum atomic E-state index is 14.1. The SMILES string of the molecule is COc1ccc(Cl)cc1NC(=O)CN(C)C(=O)c1ccccc1-c1ncc(-c2ccccc2F)o1. The van der Waals surface area contributed by atoms with Gasteiger partial charge in [-0.3, -0.25) is 9.59 Å². The molecule has 0 bridgehead atoms. The number of rotatable bonds is 7. The van der Waals surface area contributed by atoms with Gasteiger partial charge in [0.15, 0.2) is 5.76 Å². The highest BCUT2D eigenvalue weighted by atomic mass is 35.5. The number of methoxy groups -OCH3 is 1. The highest BCUT2D eigenvalue weighted by Crippen LogP contribution is 2.30. The topological polar surface area (TPSA) is 84.7 Å². The van der Waals surface area contributed by atoms with Crippen molar-refractivity contribution in [2.24, 2.45) is 0 Å². The molecular weight excluding hydrogens is 473 g/mol. The zero-order valence-electron chi connectivity index (χ0n) is 18.9. The number of hydrogen-bond acceptors (Lipinski definition) is 5. The second-order valence-electron chi connectivity index (χ2n) is 7.61. The van der Waals surface area contributed by atoms with Crippen molar-refractivity contribution in [1.29, 1.82) is 0 Å². The number of hydrogen-bond donors (Lipinski definition) is 1. The molecule has 0 saturated heterocycles. The van der Waals surface area contributed by atoms with Crippen molar-refractivity contribution in [3.8, 4) is 28.5 Å². The van der Waals surface area contributed by atoms with Gasteiger partial charge in [0.25, 0.3) is 5.91 Å². The van der Waals surface area contributed by atoms with Gasteiger partial charge in [-0.2, -0.15) is 0 Å². The van der Waals surface area contributed by atoms with E-state index in [0.29, 0.717) is 22.0 Å². The predicted octanol–water partition coefficient (Wildman–Crippen LogP) is 5.52. The first-order valence-corrected chi connectivity index (χ1v) is 10.9. The van der Waals surface area contributed by atoms with Gasteiger partial charge in [-0.15, -0.1) is 0 Å². The fourth-order valence-electron chi connectivity index (χ4n) is 3.50. The summed E-state index contributed by atoms with van der Waals surface area (Å²) in [7, 11) is 2.99. The van der Waals surface area contributed by atoms with Crippen LogP contribution in [0, 0.1) is 5.82 Å². The lowest BCUT2D eigenvalue weighted by atomic mass is 10.1. The van der Waals surface area contributed by atoms with Crippen molar-refractivity contribution in [3.05, 3.63) is 89.3 Å². The number of nitrogens with one attached hydrogen (secondary N) is 1. The van der Waals surface area contributed by atoms with Crippen molar-refractivity contribution in [1.82, 2.24) is 9.88 Å². The largest absolute Gasteiger partial charge is 0.495 e. The molecule has 0 aliphatic rings. The number of halogens is 2. The van der Waals surface area contributed by atoms with Crippen LogP contribution in [-0.4, -0.2) is 42.4 Å². The summed E-state index contributed by atoms with van der Waals surface area (Å²) < 4.78 is 25.2. The van der Waals surface area contributed by atoms with Crippen LogP contribution in [-0.2, 0) is 4.79 Å². The van der Waals surface area contributed by atoms with Gasteiger partial charge < -0.3 is 19.4 Å². The maximum Gasteiger partial charge on any atom is 0.254 e. The Labute approximate surface area is 206 Å². The van der Waals surface area contributed by atoms with Gasteiger partial charge in [0.2, 0.25) is 11.8 Å². The van der Waals surface area contributed by atoms with E-state index in [9.17, 15) is 14.0 Å². The van der Waals surface area contributed by atoms with E-state index in [4.69, 9.17) is 20.8 Å². The number of benzene rings is 3. The first kappa shape index (κ1) is 24.0. The molecule has 0 atom stereocenters. The lowest BCUT2D eigenvalue weighted by Gasteiger charge is -2.18. The van der Waals surface area contributed by atoms with Crippen molar-refractivity contribution in [2.45, 2.75) is 0 Å². The van der Waals surface area contributed by atoms with Crippen LogP contribution in [0.3, 0.4) is 0 Å². The summed E-state index contributed by atoms with van der Waals surface area (Å²) >= 11 is 6.01. The van der Waals surface area contributed by atoms with Gasteiger partial charge in [0.1, 0.15) is 11.6 Å². The smallest absolute Gasteiger partial charge is 0.254 e. The molecule has 4 rings (SSSR count). The van der Waals surface area contributed by atoms with Gasteiger partial charge in [0.05, 0.1) is 36.7 Å². The summed E-state index contributed by atoms with van der Waals surface area (Å²) in [6.45, 7) is -0.227. The van der Waals surface area contributed by atoms with Crippen molar-refractivity contribution in [3.63, 3.8) is 0 Å². The highest BCUT2D eigenvalue weighted by Gasteiger charge is 2.22. The monoisotopic (exact) mass is 493 g/mol. The third-order valence-corrected chi connectivity index (χ3v) is 5.43. The Morgan fingerprint density at radius 2 is 1.80 bits per heavy atom. The summed E-state index contributed by atoms with van der Waals surface area (Å²) in [5, 5.41) is 3.13. The predicted molar refractivity (Wildman–Crippen MR) is 131 cm³/mol. The second kappa shape index (κ2) is 10.4. The van der Waals surface area contributed by atoms with Crippen LogP contribution < -0.4 is 10.1 Å². The molecule has 4 aromatic rings. The van der Waals surface area contributed by atoms with Crippen LogP contribution in [0.5, 0.6) is 5.75 Å². The molecule has 3 aromatic carbocycles. The minimum absolute atomic E-state index is 0.161. The molecule has 0 fully saturated rings. The number of oxazole rings is 1. The van der Waals surface area contributed by atoms with E-state index in [2.05, 4.69) is 10.3 Å². The molecule has 35 heavy (non-hydrogen) atoms. The minimum atomic E-state index is -0.443. The molecule has 0 radical (unpaired) electrons. The summed E-state index contributed by atoms with van der Waals surface area (Å²) in [6, 6.07) is 17.7. The van der Waals surface area contributed by atoms with Crippen LogP contribution in [0.4, 0.5) is 10.1 Å². The van der Waals surface area contributed by atoms with Gasteiger partial charge in [-0.1, -0.05) is 35.9 Å². The number of carbonyl (C=O) groups excluding carboxylic acids is 2. The number of carbonyl (C=O) groups is 2. The Morgan fingerprint density at radius 1 is 1.09 bits per heavy atom. The number of ether oxygens (including phenoxy) is 1. The van der Waals surface area contributed by atoms with E-state index in [1.54, 1.807) is 60.7 Å². The van der Waals surface area contributed by atoms with Crippen LogP contribution in [0.25, 0.3) is 22.8 Å². The Bertz CT molecular complexity index is 1390. The molecular formula is C26H21ClFN3O4. The highest BCUT2D eigenvalue weighted by molar-refractivity contribution is 6.31. The third kappa shape index (κ3) is 5.33. The molecule has 1 heterocycles. The number of likely N-dealkylation sites (N-methyl/N-ethyl adjacent to an activating group) is 1. The Balaban J connectivity index is 1.53. The Morgan fingerprint density at radius 3 is 2.54 bits per heavy atom. The molecule has 0 spiro atoms. The molecule has 0 aliphatic heterocycles. The third-order valence-electron chi connectivity index (χ3n) is 5.20. The molecule has 1 N–H and O–H groups in total. The second-order valence-corrected chi connectivity index (χ2v) is 8.05. The van der Waals surface area contributed by atoms with E-state index < -0.39 is 17.6 Å². The molecule has 0 saturated carbocycles. The number of aromatic nitrogens is 1. The average molecular weight is 494 g/mol. The molecule has 1 aromatic heterocycles. The van der Waals surface area contributed by atoms with Gasteiger partial charge >= 0.3 is 0 Å². The zero-order chi connectivity index (χ0) is 24.9. The van der Waals surface area contributed by atoms with Crippen LogP contribution in [0.2, 0.25) is 5.02 Å². The summed E-state index contributed by atoms with van der Waals surface area (Å²) in [6.07, 6.45) is 1.41. The summed E-state index contributed by atoms with van der Waals surface area (Å²) in [5.74, 6) is -0.452. The first-order chi connectivity index (χ1) is 16.9. The summed E-state index contributed by atoms with van der Waals surface area (Å²) in [5.41, 5.74) is 1.36. The summed E-state index contributed by atoms with van der Waals surface area (Å²) in [4.78, 5) is 31.3. The standard InChI is InChI=1S/C26H21ClFN3O4/c1-31(15-24(32)30-21-13-16(27)11-12-22(21)34-2)26(33)18-8-4-3-7-17(18)25-29-14-23(35-25)19-9-5-6-10-20(19)28/h3-14H,15H2,1-2H3,(H,30,32). The fraction of sp³-hybridized carbons (Fsp3) is 0.115. The number of amides is 2. The fourth-order valence-corrected chi connectivity index (χ4v) is 3.67. The van der Waals surface area contributed by atoms with Crippen LogP contribution >= 0.6 is 11.6 Å². The molecule has 2 amide bonds. The molecule has 178 valence electrons. The molecule has 0 unspecified atom stereocenters. The lowest BCUT2D eigenvalue weighted by molar-refractivity contribution is -0.116. The van der Waals surface area contributed by atoms with Crippen molar-refractivity contribution in [2.75, 3.05) is 26.0 Å². The Hall–Kier alpha value is -4.17.